The summed E-state index contributed by atoms with van der Waals surface area (Å²) in [5.74, 6) is 0.315. The van der Waals surface area contributed by atoms with Gasteiger partial charge in [-0.15, -0.1) is 0 Å². The third-order valence-electron chi connectivity index (χ3n) is 4.70. The minimum Gasteiger partial charge on any atom is -0.398 e. The van der Waals surface area contributed by atoms with Crippen molar-refractivity contribution in [3.8, 4) is 0 Å². The van der Waals surface area contributed by atoms with Gasteiger partial charge in [-0.3, -0.25) is 9.78 Å². The van der Waals surface area contributed by atoms with E-state index in [1.54, 1.807) is 6.08 Å². The maximum absolute atomic E-state index is 12.3. The van der Waals surface area contributed by atoms with E-state index in [4.69, 9.17) is 5.73 Å². The van der Waals surface area contributed by atoms with Crippen LogP contribution in [0.4, 0.5) is 11.4 Å². The molecule has 0 fully saturated rings. The van der Waals surface area contributed by atoms with Gasteiger partial charge in [0.05, 0.1) is 5.52 Å². The van der Waals surface area contributed by atoms with Crippen molar-refractivity contribution < 1.29 is 4.79 Å². The number of hydrogen-bond acceptors (Lipinski definition) is 3. The maximum atomic E-state index is 12.3. The summed E-state index contributed by atoms with van der Waals surface area (Å²) >= 11 is 0. The minimum absolute atomic E-state index is 0.179. The van der Waals surface area contributed by atoms with Gasteiger partial charge in [0.1, 0.15) is 0 Å². The van der Waals surface area contributed by atoms with Gasteiger partial charge in [0.15, 0.2) is 0 Å². The zero-order valence-electron chi connectivity index (χ0n) is 16.7. The highest BCUT2D eigenvalue weighted by molar-refractivity contribution is 6.03. The molecule has 3 rings (SSSR count). The summed E-state index contributed by atoms with van der Waals surface area (Å²) in [6.45, 7) is 6.44. The molecule has 0 spiro atoms. The number of nitrogens with two attached hydrogens (primary N) is 1. The molecule has 0 unspecified atom stereocenters. The molecule has 3 aromatic rings. The van der Waals surface area contributed by atoms with Crippen LogP contribution in [-0.2, 0) is 11.2 Å². The van der Waals surface area contributed by atoms with Crippen LogP contribution < -0.4 is 11.1 Å². The van der Waals surface area contributed by atoms with Crippen molar-refractivity contribution in [1.29, 1.82) is 0 Å². The highest BCUT2D eigenvalue weighted by atomic mass is 16.1. The van der Waals surface area contributed by atoms with Crippen LogP contribution in [-0.4, -0.2) is 10.9 Å². The molecule has 2 aromatic carbocycles. The summed E-state index contributed by atoms with van der Waals surface area (Å²) in [7, 11) is 0. The van der Waals surface area contributed by atoms with Gasteiger partial charge in [-0.2, -0.15) is 0 Å². The SMILES string of the molecule is CCCc1cc(N)c2cc(NC(=O)/C=C/c3ccc(C(C)C)cc3)ccc2n1. The van der Waals surface area contributed by atoms with Crippen molar-refractivity contribution in [2.45, 2.75) is 39.5 Å². The van der Waals surface area contributed by atoms with Gasteiger partial charge in [0, 0.05) is 28.5 Å². The maximum Gasteiger partial charge on any atom is 0.248 e. The van der Waals surface area contributed by atoms with E-state index in [-0.39, 0.29) is 5.91 Å². The number of nitrogens with one attached hydrogen (secondary N) is 1. The summed E-state index contributed by atoms with van der Waals surface area (Å²) < 4.78 is 0. The summed E-state index contributed by atoms with van der Waals surface area (Å²) in [6.07, 6.45) is 5.29. The summed E-state index contributed by atoms with van der Waals surface area (Å²) in [6, 6.07) is 15.8. The molecule has 0 saturated carbocycles. The highest BCUT2D eigenvalue weighted by Crippen LogP contribution is 2.25. The average molecular weight is 374 g/mol. The lowest BCUT2D eigenvalue weighted by molar-refractivity contribution is -0.111. The van der Waals surface area contributed by atoms with Crippen LogP contribution >= 0.6 is 0 Å². The number of pyridine rings is 1. The Kier molecular flexibility index (Phi) is 6.09. The van der Waals surface area contributed by atoms with Crippen molar-refractivity contribution in [1.82, 2.24) is 4.98 Å². The second kappa shape index (κ2) is 8.70. The molecule has 0 atom stereocenters. The Morgan fingerprint density at radius 3 is 2.57 bits per heavy atom. The molecule has 144 valence electrons. The van der Waals surface area contributed by atoms with Crippen molar-refractivity contribution in [2.75, 3.05) is 11.1 Å². The quantitative estimate of drug-likeness (QED) is 0.557. The van der Waals surface area contributed by atoms with Gasteiger partial charge in [-0.25, -0.2) is 0 Å². The molecular weight excluding hydrogens is 346 g/mol. The van der Waals surface area contributed by atoms with E-state index in [0.717, 1.165) is 35.0 Å². The third kappa shape index (κ3) is 4.77. The second-order valence-corrected chi connectivity index (χ2v) is 7.33. The Bertz CT molecular complexity index is 1000. The predicted octanol–water partition coefficient (Wildman–Crippen LogP) is 5.54. The van der Waals surface area contributed by atoms with Crippen LogP contribution in [0.25, 0.3) is 17.0 Å². The molecule has 0 aliphatic rings. The second-order valence-electron chi connectivity index (χ2n) is 7.33. The summed E-state index contributed by atoms with van der Waals surface area (Å²) in [5.41, 5.74) is 11.7. The Morgan fingerprint density at radius 2 is 1.89 bits per heavy atom. The van der Waals surface area contributed by atoms with Crippen molar-refractivity contribution in [3.63, 3.8) is 0 Å². The van der Waals surface area contributed by atoms with Crippen LogP contribution in [0.1, 0.15) is 49.9 Å². The predicted molar refractivity (Wildman–Crippen MR) is 118 cm³/mol. The normalized spacial score (nSPS) is 11.4. The van der Waals surface area contributed by atoms with E-state index in [1.165, 1.54) is 5.56 Å². The highest BCUT2D eigenvalue weighted by Gasteiger charge is 2.06. The fourth-order valence-electron chi connectivity index (χ4n) is 3.12. The van der Waals surface area contributed by atoms with Gasteiger partial charge in [0.25, 0.3) is 0 Å². The first-order valence-electron chi connectivity index (χ1n) is 9.74. The Labute approximate surface area is 166 Å². The van der Waals surface area contributed by atoms with Crippen LogP contribution in [0.3, 0.4) is 0 Å². The molecule has 1 heterocycles. The number of aryl methyl sites for hydroxylation is 1. The molecule has 0 aliphatic heterocycles. The van der Waals surface area contributed by atoms with Crippen LogP contribution in [0.15, 0.2) is 54.6 Å². The molecule has 0 bridgehead atoms. The van der Waals surface area contributed by atoms with Crippen LogP contribution in [0.5, 0.6) is 0 Å². The number of carbonyl (C=O) groups is 1. The smallest absolute Gasteiger partial charge is 0.248 e. The number of aromatic nitrogens is 1. The fraction of sp³-hybridized carbons (Fsp3) is 0.250. The number of rotatable bonds is 6. The zero-order valence-corrected chi connectivity index (χ0v) is 16.7. The first-order chi connectivity index (χ1) is 13.5. The molecule has 28 heavy (non-hydrogen) atoms. The number of fused-ring (bicyclic) bond motifs is 1. The van der Waals surface area contributed by atoms with E-state index in [9.17, 15) is 4.79 Å². The Hall–Kier alpha value is -3.14. The number of carbonyl (C=O) groups excluding carboxylic acids is 1. The molecular formula is C24H27N3O. The number of hydrogen-bond donors (Lipinski definition) is 2. The Balaban J connectivity index is 1.72. The van der Waals surface area contributed by atoms with E-state index < -0.39 is 0 Å². The van der Waals surface area contributed by atoms with Gasteiger partial charge in [-0.05, 0) is 53.8 Å². The minimum atomic E-state index is -0.179. The van der Waals surface area contributed by atoms with Crippen LogP contribution in [0.2, 0.25) is 0 Å². The number of nitrogen functional groups attached to an aromatic ring is 1. The summed E-state index contributed by atoms with van der Waals surface area (Å²) in [5, 5.41) is 3.74. The lowest BCUT2D eigenvalue weighted by atomic mass is 10.0. The lowest BCUT2D eigenvalue weighted by Gasteiger charge is -2.08. The van der Waals surface area contributed by atoms with E-state index in [0.29, 0.717) is 17.3 Å². The first kappa shape index (κ1) is 19.6. The van der Waals surface area contributed by atoms with Crippen molar-refractivity contribution in [3.05, 3.63) is 71.4 Å². The molecule has 1 amide bonds. The number of nitrogens with zero attached hydrogens (tertiary/aromatic N) is 1. The molecule has 3 N–H and O–H groups in total. The number of anilines is 2. The number of amides is 1. The average Bonchev–Trinajstić information content (AvgIpc) is 2.67. The van der Waals surface area contributed by atoms with Gasteiger partial charge in [0.2, 0.25) is 5.91 Å². The van der Waals surface area contributed by atoms with Crippen molar-refractivity contribution >= 4 is 34.3 Å². The van der Waals surface area contributed by atoms with Gasteiger partial charge < -0.3 is 11.1 Å². The van der Waals surface area contributed by atoms with E-state index >= 15 is 0 Å². The van der Waals surface area contributed by atoms with Gasteiger partial charge in [-0.1, -0.05) is 51.5 Å². The summed E-state index contributed by atoms with van der Waals surface area (Å²) in [4.78, 5) is 16.9. The molecule has 4 nitrogen and oxygen atoms in total. The molecule has 4 heteroatoms. The van der Waals surface area contributed by atoms with Crippen molar-refractivity contribution in [2.24, 2.45) is 0 Å². The molecule has 1 aromatic heterocycles. The van der Waals surface area contributed by atoms with Gasteiger partial charge >= 0.3 is 0 Å². The molecule has 0 aliphatic carbocycles. The Morgan fingerprint density at radius 1 is 1.14 bits per heavy atom. The van der Waals surface area contributed by atoms with E-state index in [1.807, 2.05) is 42.5 Å². The standard InChI is InChI=1S/C24H27N3O/c1-4-5-19-15-22(25)21-14-20(11-12-23(21)26-19)27-24(28)13-8-17-6-9-18(10-7-17)16(2)3/h6-16H,4-5H2,1-3H3,(H2,25,26)(H,27,28)/b13-8+. The van der Waals surface area contributed by atoms with E-state index in [2.05, 4.69) is 43.2 Å². The fourth-order valence-corrected chi connectivity index (χ4v) is 3.12. The molecule has 0 radical (unpaired) electrons. The topological polar surface area (TPSA) is 68.0 Å². The van der Waals surface area contributed by atoms with Crippen LogP contribution in [0, 0.1) is 0 Å². The first-order valence-corrected chi connectivity index (χ1v) is 9.74. The largest absolute Gasteiger partial charge is 0.398 e. The third-order valence-corrected chi connectivity index (χ3v) is 4.70. The molecule has 0 saturated heterocycles. The monoisotopic (exact) mass is 373 g/mol. The zero-order chi connectivity index (χ0) is 20.1. The number of benzene rings is 2. The lowest BCUT2D eigenvalue weighted by Crippen LogP contribution is -2.08.